The van der Waals surface area contributed by atoms with Gasteiger partial charge in [0.05, 0.1) is 6.04 Å². The van der Waals surface area contributed by atoms with Crippen LogP contribution in [0.25, 0.3) is 0 Å². The molecule has 2 aromatic rings. The predicted molar refractivity (Wildman–Crippen MR) is 94.9 cm³/mol. The van der Waals surface area contributed by atoms with E-state index in [4.69, 9.17) is 0 Å². The molecule has 2 atom stereocenters. The summed E-state index contributed by atoms with van der Waals surface area (Å²) in [7, 11) is 0. The van der Waals surface area contributed by atoms with Crippen molar-refractivity contribution in [2.24, 2.45) is 0 Å². The van der Waals surface area contributed by atoms with E-state index in [2.05, 4.69) is 10.6 Å². The molecule has 0 radical (unpaired) electrons. The van der Waals surface area contributed by atoms with Gasteiger partial charge in [0.1, 0.15) is 12.1 Å². The fraction of sp³-hybridized carbons (Fsp3) is 0.278. The lowest BCUT2D eigenvalue weighted by Gasteiger charge is -2.21. The molecular weight excluding hydrogens is 338 g/mol. The Kier molecular flexibility index (Phi) is 4.59. The predicted octanol–water partition coefficient (Wildman–Crippen LogP) is 2.39. The molecule has 130 valence electrons. The van der Waals surface area contributed by atoms with E-state index in [0.717, 1.165) is 16.0 Å². The number of imide groups is 1. The second kappa shape index (κ2) is 6.68. The van der Waals surface area contributed by atoms with Gasteiger partial charge in [0, 0.05) is 0 Å². The molecule has 6 nitrogen and oxygen atoms in total. The zero-order chi connectivity index (χ0) is 18.0. The number of carbonyl (C=O) groups is 3. The van der Waals surface area contributed by atoms with Gasteiger partial charge in [0.15, 0.2) is 0 Å². The molecule has 2 unspecified atom stereocenters. The smallest absolute Gasteiger partial charge is 0.325 e. The van der Waals surface area contributed by atoms with Crippen molar-refractivity contribution >= 4 is 29.2 Å². The lowest BCUT2D eigenvalue weighted by atomic mass is 9.95. The molecule has 2 heterocycles. The van der Waals surface area contributed by atoms with Gasteiger partial charge in [-0.15, -0.1) is 0 Å². The Bertz CT molecular complexity index is 791. The van der Waals surface area contributed by atoms with Crippen LogP contribution in [0.4, 0.5) is 4.79 Å². The highest BCUT2D eigenvalue weighted by Crippen LogP contribution is 2.30. The molecule has 1 aliphatic heterocycles. The molecule has 0 bridgehead atoms. The second-order valence-corrected chi connectivity index (χ2v) is 6.94. The molecule has 25 heavy (non-hydrogen) atoms. The van der Waals surface area contributed by atoms with Crippen molar-refractivity contribution in [3.8, 4) is 0 Å². The van der Waals surface area contributed by atoms with Crippen molar-refractivity contribution < 1.29 is 14.4 Å². The molecule has 7 heteroatoms. The lowest BCUT2D eigenvalue weighted by Crippen LogP contribution is -2.43. The van der Waals surface area contributed by atoms with Gasteiger partial charge >= 0.3 is 6.03 Å². The van der Waals surface area contributed by atoms with Crippen LogP contribution in [0.5, 0.6) is 0 Å². The minimum absolute atomic E-state index is 0.210. The average Bonchev–Trinajstić information content (AvgIpc) is 3.20. The van der Waals surface area contributed by atoms with E-state index in [9.17, 15) is 14.4 Å². The van der Waals surface area contributed by atoms with Crippen molar-refractivity contribution in [1.82, 2.24) is 15.5 Å². The minimum atomic E-state index is -1.12. The van der Waals surface area contributed by atoms with Gasteiger partial charge in [-0.2, -0.15) is 11.3 Å². The van der Waals surface area contributed by atoms with E-state index in [1.165, 1.54) is 11.3 Å². The number of nitrogens with zero attached hydrogens (tertiary/aromatic N) is 1. The first-order chi connectivity index (χ1) is 11.9. The second-order valence-electron chi connectivity index (χ2n) is 6.16. The highest BCUT2D eigenvalue weighted by Gasteiger charge is 2.49. The van der Waals surface area contributed by atoms with Crippen molar-refractivity contribution in [2.75, 3.05) is 6.54 Å². The zero-order valence-electron chi connectivity index (χ0n) is 14.0. The first-order valence-corrected chi connectivity index (χ1v) is 8.87. The van der Waals surface area contributed by atoms with E-state index in [0.29, 0.717) is 0 Å². The van der Waals surface area contributed by atoms with Gasteiger partial charge in [0.2, 0.25) is 5.91 Å². The number of benzene rings is 1. The summed E-state index contributed by atoms with van der Waals surface area (Å²) >= 11 is 1.45. The third-order valence-electron chi connectivity index (χ3n) is 4.35. The summed E-state index contributed by atoms with van der Waals surface area (Å²) in [5, 5.41) is 9.17. The third kappa shape index (κ3) is 3.28. The van der Waals surface area contributed by atoms with Gasteiger partial charge in [-0.25, -0.2) is 4.79 Å². The number of nitrogens with one attached hydrogen (secondary N) is 2. The SMILES string of the molecule is CC(NC(=O)CN1C(=O)NC(C)(c2ccsc2)C1=O)c1ccccc1. The number of carbonyl (C=O) groups excluding carboxylic acids is 3. The molecule has 1 aliphatic rings. The molecule has 3 rings (SSSR count). The maximum Gasteiger partial charge on any atom is 0.325 e. The number of rotatable bonds is 5. The summed E-state index contributed by atoms with van der Waals surface area (Å²) < 4.78 is 0. The Morgan fingerprint density at radius 3 is 2.64 bits per heavy atom. The van der Waals surface area contributed by atoms with E-state index in [1.807, 2.05) is 48.0 Å². The van der Waals surface area contributed by atoms with Crippen LogP contribution in [-0.4, -0.2) is 29.3 Å². The Morgan fingerprint density at radius 2 is 2.00 bits per heavy atom. The lowest BCUT2D eigenvalue weighted by molar-refractivity contribution is -0.135. The van der Waals surface area contributed by atoms with Gasteiger partial charge in [0.25, 0.3) is 5.91 Å². The summed E-state index contributed by atoms with van der Waals surface area (Å²) in [5.41, 5.74) is 0.551. The monoisotopic (exact) mass is 357 g/mol. The van der Waals surface area contributed by atoms with Crippen LogP contribution < -0.4 is 10.6 Å². The van der Waals surface area contributed by atoms with Crippen LogP contribution >= 0.6 is 11.3 Å². The first-order valence-electron chi connectivity index (χ1n) is 7.93. The van der Waals surface area contributed by atoms with Crippen LogP contribution in [-0.2, 0) is 15.1 Å². The van der Waals surface area contributed by atoms with Crippen LogP contribution in [0, 0.1) is 0 Å². The number of hydrogen-bond donors (Lipinski definition) is 2. The number of amides is 4. The van der Waals surface area contributed by atoms with Crippen molar-refractivity contribution in [3.63, 3.8) is 0 Å². The van der Waals surface area contributed by atoms with Gasteiger partial charge in [-0.3, -0.25) is 14.5 Å². The van der Waals surface area contributed by atoms with Crippen LogP contribution in [0.1, 0.15) is 31.0 Å². The molecular formula is C18H19N3O3S. The standard InChI is InChI=1S/C18H19N3O3S/c1-12(13-6-4-3-5-7-13)19-15(22)10-21-16(23)18(2,20-17(21)24)14-8-9-25-11-14/h3-9,11-12H,10H2,1-2H3,(H,19,22)(H,20,24). The van der Waals surface area contributed by atoms with Crippen molar-refractivity contribution in [2.45, 2.75) is 25.4 Å². The number of thiophene rings is 1. The topological polar surface area (TPSA) is 78.5 Å². The van der Waals surface area contributed by atoms with E-state index < -0.39 is 17.5 Å². The number of hydrogen-bond acceptors (Lipinski definition) is 4. The Labute approximate surface area is 149 Å². The Hall–Kier alpha value is -2.67. The van der Waals surface area contributed by atoms with E-state index >= 15 is 0 Å². The summed E-state index contributed by atoms with van der Waals surface area (Å²) in [6.45, 7) is 3.20. The maximum atomic E-state index is 12.7. The van der Waals surface area contributed by atoms with E-state index in [-0.39, 0.29) is 18.5 Å². The van der Waals surface area contributed by atoms with Crippen molar-refractivity contribution in [3.05, 3.63) is 58.3 Å². The molecule has 2 N–H and O–H groups in total. The summed E-state index contributed by atoms with van der Waals surface area (Å²) in [4.78, 5) is 38.2. The molecule has 0 saturated carbocycles. The first kappa shape index (κ1) is 17.2. The minimum Gasteiger partial charge on any atom is -0.348 e. The molecule has 0 spiro atoms. The molecule has 1 aromatic carbocycles. The molecule has 1 saturated heterocycles. The average molecular weight is 357 g/mol. The maximum absolute atomic E-state index is 12.7. The quantitative estimate of drug-likeness (QED) is 0.807. The largest absolute Gasteiger partial charge is 0.348 e. The van der Waals surface area contributed by atoms with Crippen molar-refractivity contribution in [1.29, 1.82) is 0 Å². The van der Waals surface area contributed by atoms with Crippen LogP contribution in [0.3, 0.4) is 0 Å². The summed E-state index contributed by atoms with van der Waals surface area (Å²) in [6.07, 6.45) is 0. The Balaban J connectivity index is 1.67. The fourth-order valence-electron chi connectivity index (χ4n) is 2.84. The van der Waals surface area contributed by atoms with Gasteiger partial charge in [-0.1, -0.05) is 30.3 Å². The van der Waals surface area contributed by atoms with Crippen LogP contribution in [0.15, 0.2) is 47.2 Å². The third-order valence-corrected chi connectivity index (χ3v) is 5.04. The van der Waals surface area contributed by atoms with Crippen LogP contribution in [0.2, 0.25) is 0 Å². The van der Waals surface area contributed by atoms with E-state index in [1.54, 1.807) is 13.0 Å². The molecule has 1 fully saturated rings. The highest BCUT2D eigenvalue weighted by molar-refractivity contribution is 7.08. The Morgan fingerprint density at radius 1 is 1.28 bits per heavy atom. The zero-order valence-corrected chi connectivity index (χ0v) is 14.8. The normalized spacial score (nSPS) is 21.1. The summed E-state index contributed by atoms with van der Waals surface area (Å²) in [5.74, 6) is -0.798. The molecule has 1 aromatic heterocycles. The van der Waals surface area contributed by atoms with Gasteiger partial charge in [-0.05, 0) is 41.8 Å². The summed E-state index contributed by atoms with van der Waals surface area (Å²) in [6, 6.07) is 10.5. The van der Waals surface area contributed by atoms with Gasteiger partial charge < -0.3 is 10.6 Å². The fourth-order valence-corrected chi connectivity index (χ4v) is 3.61. The number of urea groups is 1. The molecule has 4 amide bonds. The highest BCUT2D eigenvalue weighted by atomic mass is 32.1. The molecule has 0 aliphatic carbocycles.